The Balaban J connectivity index is 5.31. The fraction of sp³-hybridized carbons (Fsp3) is 0.846. The van der Waals surface area contributed by atoms with Gasteiger partial charge in [0.15, 0.2) is 0 Å². The van der Waals surface area contributed by atoms with Gasteiger partial charge in [0.2, 0.25) is 0 Å². The molecule has 0 unspecified atom stereocenters. The number of halogens is 4. The predicted molar refractivity (Wildman–Crippen MR) is 108 cm³/mol. The molecule has 0 saturated heterocycles. The van der Waals surface area contributed by atoms with Gasteiger partial charge in [-0.15, -0.1) is 0 Å². The van der Waals surface area contributed by atoms with Crippen molar-refractivity contribution in [1.29, 1.82) is 0 Å². The van der Waals surface area contributed by atoms with Crippen LogP contribution in [0, 0.1) is 0 Å². The first-order valence-electron chi connectivity index (χ1n) is 8.25. The minimum atomic E-state index is -6.49. The van der Waals surface area contributed by atoms with Gasteiger partial charge in [-0.1, -0.05) is 18.0 Å². The topological polar surface area (TPSA) is 139 Å². The first kappa shape index (κ1) is 29.2. The number of amides is 2. The van der Waals surface area contributed by atoms with Crippen LogP contribution in [0.5, 0.6) is 0 Å². The average Bonchev–Trinajstić information content (AvgIpc) is 2.56. The van der Waals surface area contributed by atoms with Crippen LogP contribution in [-0.4, -0.2) is 62.7 Å². The highest BCUT2D eigenvalue weighted by Gasteiger charge is 2.60. The Labute approximate surface area is 183 Å². The number of alkyl halides is 4. The van der Waals surface area contributed by atoms with Crippen molar-refractivity contribution in [2.45, 2.75) is 48.4 Å². The number of hydrogen-bond acceptors (Lipinski definition) is 8. The quantitative estimate of drug-likeness (QED) is 0.136. The number of carbonyl (C=O) groups is 2. The lowest BCUT2D eigenvalue weighted by Crippen LogP contribution is -2.57. The molecule has 0 aliphatic carbocycles. The third kappa shape index (κ3) is 8.05. The Bertz CT molecular complexity index is 828. The van der Waals surface area contributed by atoms with Crippen molar-refractivity contribution >= 4 is 57.1 Å². The van der Waals surface area contributed by atoms with E-state index in [0.717, 1.165) is 0 Å². The van der Waals surface area contributed by atoms with Crippen LogP contribution in [0.2, 0.25) is 0 Å². The Kier molecular flexibility index (Phi) is 10.4. The van der Waals surface area contributed by atoms with Crippen molar-refractivity contribution in [3.8, 4) is 0 Å². The fourth-order valence-electron chi connectivity index (χ4n) is 1.70. The number of rotatable bonds is 13. The number of thiol groups is 2. The molecule has 0 spiro atoms. The predicted octanol–water partition coefficient (Wildman–Crippen LogP) is 0.462. The minimum absolute atomic E-state index is 0.0688. The zero-order chi connectivity index (χ0) is 24.0. The van der Waals surface area contributed by atoms with Crippen molar-refractivity contribution in [2.24, 2.45) is 0 Å². The molecule has 3 N–H and O–H groups in total. The number of nitrogens with one attached hydrogen (secondary N) is 3. The van der Waals surface area contributed by atoms with E-state index < -0.39 is 60.2 Å². The molecule has 2 amide bonds. The summed E-state index contributed by atoms with van der Waals surface area (Å²) in [6.07, 6.45) is 0.532. The van der Waals surface area contributed by atoms with E-state index in [2.05, 4.69) is 25.3 Å². The lowest BCUT2D eigenvalue weighted by atomic mass is 10.1. The zero-order valence-corrected chi connectivity index (χ0v) is 19.3. The summed E-state index contributed by atoms with van der Waals surface area (Å²) >= 11 is 7.89. The zero-order valence-electron chi connectivity index (χ0n) is 15.9. The summed E-state index contributed by atoms with van der Waals surface area (Å²) in [6.45, 7) is 2.55. The van der Waals surface area contributed by atoms with Crippen LogP contribution >= 0.6 is 25.3 Å². The van der Waals surface area contributed by atoms with E-state index >= 15 is 0 Å². The molecule has 0 aliphatic heterocycles. The van der Waals surface area contributed by atoms with E-state index in [1.807, 2.05) is 0 Å². The molecule has 30 heavy (non-hydrogen) atoms. The summed E-state index contributed by atoms with van der Waals surface area (Å²) in [7, 11) is -13.0. The highest BCUT2D eigenvalue weighted by atomic mass is 32.3. The molecule has 0 heterocycles. The lowest BCUT2D eigenvalue weighted by Gasteiger charge is -2.21. The molecule has 0 rings (SSSR count). The Morgan fingerprint density at radius 3 is 1.53 bits per heavy atom. The molecule has 0 aliphatic rings. The Morgan fingerprint density at radius 1 is 0.833 bits per heavy atom. The normalized spacial score (nSPS) is 13.7. The van der Waals surface area contributed by atoms with Gasteiger partial charge in [-0.2, -0.15) is 42.8 Å². The second-order valence-electron chi connectivity index (χ2n) is 6.63. The molecule has 0 bridgehead atoms. The SMILES string of the molecule is CC(C)(S)CCCNC(=O)C(F)(F)S(=O)(=O)NS(=O)(=O)C(F)(F)C(=O)NCCCS. The van der Waals surface area contributed by atoms with Gasteiger partial charge >= 0.3 is 42.4 Å². The lowest BCUT2D eigenvalue weighted by molar-refractivity contribution is -0.135. The van der Waals surface area contributed by atoms with E-state index in [9.17, 15) is 44.0 Å². The van der Waals surface area contributed by atoms with Gasteiger partial charge in [-0.05, 0) is 25.0 Å². The molecule has 0 aromatic heterocycles. The maximum Gasteiger partial charge on any atom is 0.436 e. The maximum absolute atomic E-state index is 13.9. The molecule has 178 valence electrons. The third-order valence-electron chi connectivity index (χ3n) is 3.29. The van der Waals surface area contributed by atoms with E-state index in [-0.39, 0.29) is 22.7 Å². The van der Waals surface area contributed by atoms with Crippen LogP contribution in [0.15, 0.2) is 0 Å². The van der Waals surface area contributed by atoms with Gasteiger partial charge in [0, 0.05) is 17.8 Å². The summed E-state index contributed by atoms with van der Waals surface area (Å²) < 4.78 is 102. The summed E-state index contributed by atoms with van der Waals surface area (Å²) in [5, 5.41) is -7.77. The van der Waals surface area contributed by atoms with Crippen LogP contribution in [-0.2, 0) is 29.6 Å². The minimum Gasteiger partial charge on any atom is -0.350 e. The number of carbonyl (C=O) groups excluding carboxylic acids is 2. The van der Waals surface area contributed by atoms with Crippen molar-refractivity contribution in [3.63, 3.8) is 0 Å². The highest BCUT2D eigenvalue weighted by molar-refractivity contribution is 8.06. The first-order valence-corrected chi connectivity index (χ1v) is 12.3. The molecule has 0 saturated carbocycles. The number of hydrogen-bond donors (Lipinski definition) is 5. The monoisotopic (exact) mass is 521 g/mol. The Morgan fingerprint density at radius 2 is 1.20 bits per heavy atom. The van der Waals surface area contributed by atoms with E-state index in [1.54, 1.807) is 19.2 Å². The summed E-state index contributed by atoms with van der Waals surface area (Å²) in [5.74, 6) is -4.71. The maximum atomic E-state index is 13.9. The third-order valence-corrected chi connectivity index (χ3v) is 7.31. The van der Waals surface area contributed by atoms with Crippen molar-refractivity contribution in [2.75, 3.05) is 18.8 Å². The van der Waals surface area contributed by atoms with E-state index in [4.69, 9.17) is 0 Å². The molecular weight excluding hydrogens is 498 g/mol. The van der Waals surface area contributed by atoms with Gasteiger partial charge < -0.3 is 10.6 Å². The Hall–Kier alpha value is -0.780. The molecule has 9 nitrogen and oxygen atoms in total. The summed E-state index contributed by atoms with van der Waals surface area (Å²) in [4.78, 5) is 22.8. The highest BCUT2D eigenvalue weighted by Crippen LogP contribution is 2.27. The van der Waals surface area contributed by atoms with Crippen molar-refractivity contribution in [3.05, 3.63) is 0 Å². The van der Waals surface area contributed by atoms with Gasteiger partial charge in [-0.25, -0.2) is 16.8 Å². The second-order valence-corrected chi connectivity index (χ2v) is 12.0. The summed E-state index contributed by atoms with van der Waals surface area (Å²) in [6, 6.07) is 0. The van der Waals surface area contributed by atoms with Crippen LogP contribution in [0.25, 0.3) is 0 Å². The standard InChI is InChI=1S/C13H23F4N3O6S4/c1-11(2,28)5-3-6-18-9(21)12(14,15)29(23,24)20-30(25,26)13(16,17)10(22)19-7-4-8-27/h20,27-28H,3-8H2,1-2H3,(H,18,21)(H,19,22). The van der Waals surface area contributed by atoms with Gasteiger partial charge in [0.1, 0.15) is 0 Å². The van der Waals surface area contributed by atoms with Gasteiger partial charge in [0.05, 0.1) is 0 Å². The van der Waals surface area contributed by atoms with Gasteiger partial charge in [-0.3, -0.25) is 9.59 Å². The smallest absolute Gasteiger partial charge is 0.350 e. The molecule has 0 radical (unpaired) electrons. The molecular formula is C13H23F4N3O6S4. The number of sulfonamides is 2. The fourth-order valence-corrected chi connectivity index (χ4v) is 4.64. The van der Waals surface area contributed by atoms with Crippen LogP contribution in [0.4, 0.5) is 17.6 Å². The largest absolute Gasteiger partial charge is 0.436 e. The second kappa shape index (κ2) is 10.7. The van der Waals surface area contributed by atoms with Crippen LogP contribution in [0.1, 0.15) is 33.1 Å². The van der Waals surface area contributed by atoms with E-state index in [0.29, 0.717) is 6.42 Å². The molecule has 0 aromatic carbocycles. The van der Waals surface area contributed by atoms with Crippen molar-refractivity contribution < 1.29 is 44.0 Å². The molecule has 0 fully saturated rings. The molecule has 0 aromatic rings. The van der Waals surface area contributed by atoms with Crippen LogP contribution in [0.3, 0.4) is 0 Å². The summed E-state index contributed by atoms with van der Waals surface area (Å²) in [5.41, 5.74) is 0. The van der Waals surface area contributed by atoms with Gasteiger partial charge in [0.25, 0.3) is 0 Å². The van der Waals surface area contributed by atoms with E-state index in [1.165, 1.54) is 5.32 Å². The average molecular weight is 522 g/mol. The molecule has 17 heteroatoms. The molecule has 0 atom stereocenters. The first-order chi connectivity index (χ1) is 13.3. The van der Waals surface area contributed by atoms with Crippen LogP contribution < -0.4 is 14.8 Å². The van der Waals surface area contributed by atoms with Crippen molar-refractivity contribution in [1.82, 2.24) is 14.8 Å².